The maximum atomic E-state index is 12.5. The maximum absolute atomic E-state index is 12.5. The predicted molar refractivity (Wildman–Crippen MR) is 121 cm³/mol. The van der Waals surface area contributed by atoms with Gasteiger partial charge < -0.3 is 14.6 Å². The number of rotatable bonds is 8. The monoisotopic (exact) mass is 420 g/mol. The summed E-state index contributed by atoms with van der Waals surface area (Å²) in [5.74, 6) is -0.640. The second kappa shape index (κ2) is 9.93. The Kier molecular flexibility index (Phi) is 7.07. The largest absolute Gasteiger partial charge is 0.462 e. The first-order chi connectivity index (χ1) is 14.9. The van der Waals surface area contributed by atoms with E-state index in [2.05, 4.69) is 10.4 Å². The summed E-state index contributed by atoms with van der Waals surface area (Å²) in [6.45, 7) is 9.33. The summed E-state index contributed by atoms with van der Waals surface area (Å²) in [5.41, 5.74) is 4.77. The minimum absolute atomic E-state index is 0.268. The molecule has 0 aliphatic carbocycles. The zero-order chi connectivity index (χ0) is 22.4. The van der Waals surface area contributed by atoms with Crippen LogP contribution in [0.1, 0.15) is 46.7 Å². The van der Waals surface area contributed by atoms with E-state index in [1.807, 2.05) is 66.5 Å². The summed E-state index contributed by atoms with van der Waals surface area (Å²) in [7, 11) is 0. The van der Waals surface area contributed by atoms with Crippen molar-refractivity contribution in [3.05, 3.63) is 76.9 Å². The molecule has 0 spiro atoms. The van der Waals surface area contributed by atoms with Crippen molar-refractivity contribution in [2.24, 2.45) is 0 Å². The number of hydrogen-bond donors (Lipinski definition) is 1. The zero-order valence-corrected chi connectivity index (χ0v) is 18.4. The molecule has 1 aromatic carbocycles. The highest BCUT2D eigenvalue weighted by molar-refractivity contribution is 6.03. The molecule has 2 aromatic heterocycles. The number of aromatic nitrogens is 3. The number of nitrogens with one attached hydrogen (secondary N) is 1. The molecule has 3 rings (SSSR count). The molecular formula is C24H28N4O3. The SMILES string of the molecule is CCOC(=O)c1c(/C=C/C(=O)Nc2ccc(Cn3cccn3)cc2)c(C)n(CC)c1C. The van der Waals surface area contributed by atoms with Crippen molar-refractivity contribution in [3.8, 4) is 0 Å². The number of amides is 1. The van der Waals surface area contributed by atoms with Gasteiger partial charge in [-0.2, -0.15) is 5.10 Å². The number of esters is 1. The molecule has 0 atom stereocenters. The highest BCUT2D eigenvalue weighted by Gasteiger charge is 2.22. The quantitative estimate of drug-likeness (QED) is 0.438. The molecule has 31 heavy (non-hydrogen) atoms. The summed E-state index contributed by atoms with van der Waals surface area (Å²) >= 11 is 0. The summed E-state index contributed by atoms with van der Waals surface area (Å²) in [6, 6.07) is 9.50. The fourth-order valence-electron chi connectivity index (χ4n) is 3.66. The molecule has 0 saturated carbocycles. The summed E-state index contributed by atoms with van der Waals surface area (Å²) in [4.78, 5) is 24.9. The number of benzene rings is 1. The van der Waals surface area contributed by atoms with Crippen molar-refractivity contribution >= 4 is 23.6 Å². The maximum Gasteiger partial charge on any atom is 0.340 e. The normalized spacial score (nSPS) is 11.1. The highest BCUT2D eigenvalue weighted by Crippen LogP contribution is 2.25. The van der Waals surface area contributed by atoms with E-state index in [0.29, 0.717) is 30.0 Å². The smallest absolute Gasteiger partial charge is 0.340 e. The first-order valence-electron chi connectivity index (χ1n) is 10.4. The molecule has 0 unspecified atom stereocenters. The van der Waals surface area contributed by atoms with E-state index in [0.717, 1.165) is 23.5 Å². The van der Waals surface area contributed by atoms with Gasteiger partial charge in [-0.15, -0.1) is 0 Å². The van der Waals surface area contributed by atoms with Crippen LogP contribution in [0.2, 0.25) is 0 Å². The Labute approximate surface area is 182 Å². The Bertz CT molecular complexity index is 1080. The summed E-state index contributed by atoms with van der Waals surface area (Å²) < 4.78 is 9.10. The van der Waals surface area contributed by atoms with E-state index in [1.165, 1.54) is 6.08 Å². The molecule has 7 nitrogen and oxygen atoms in total. The van der Waals surface area contributed by atoms with Crippen LogP contribution in [-0.2, 0) is 22.6 Å². The molecule has 0 saturated heterocycles. The Morgan fingerprint density at radius 3 is 2.48 bits per heavy atom. The van der Waals surface area contributed by atoms with Crippen molar-refractivity contribution in [2.45, 2.75) is 40.8 Å². The number of anilines is 1. The molecule has 3 aromatic rings. The van der Waals surface area contributed by atoms with Crippen LogP contribution < -0.4 is 5.32 Å². The molecule has 1 amide bonds. The van der Waals surface area contributed by atoms with Crippen LogP contribution in [0.5, 0.6) is 0 Å². The van der Waals surface area contributed by atoms with Gasteiger partial charge in [0.05, 0.1) is 18.7 Å². The Morgan fingerprint density at radius 2 is 1.87 bits per heavy atom. The van der Waals surface area contributed by atoms with E-state index in [9.17, 15) is 9.59 Å². The van der Waals surface area contributed by atoms with E-state index >= 15 is 0 Å². The Morgan fingerprint density at radius 1 is 1.13 bits per heavy atom. The topological polar surface area (TPSA) is 78.2 Å². The molecule has 0 aliphatic rings. The van der Waals surface area contributed by atoms with Gasteiger partial charge in [0.1, 0.15) is 0 Å². The number of hydrogen-bond acceptors (Lipinski definition) is 4. The van der Waals surface area contributed by atoms with Crippen LogP contribution in [0.25, 0.3) is 6.08 Å². The van der Waals surface area contributed by atoms with Crippen molar-refractivity contribution < 1.29 is 14.3 Å². The molecule has 1 N–H and O–H groups in total. The Balaban J connectivity index is 1.73. The molecule has 0 aliphatic heterocycles. The third kappa shape index (κ3) is 5.12. The third-order valence-corrected chi connectivity index (χ3v) is 5.15. The second-order valence-corrected chi connectivity index (χ2v) is 7.15. The van der Waals surface area contributed by atoms with Crippen LogP contribution in [-0.4, -0.2) is 32.8 Å². The molecule has 162 valence electrons. The van der Waals surface area contributed by atoms with Gasteiger partial charge >= 0.3 is 5.97 Å². The van der Waals surface area contributed by atoms with E-state index in [4.69, 9.17) is 4.74 Å². The summed E-state index contributed by atoms with van der Waals surface area (Å²) in [6.07, 6.45) is 6.77. The van der Waals surface area contributed by atoms with Crippen LogP contribution in [0.4, 0.5) is 5.69 Å². The number of nitrogens with zero attached hydrogens (tertiary/aromatic N) is 3. The summed E-state index contributed by atoms with van der Waals surface area (Å²) in [5, 5.41) is 7.05. The van der Waals surface area contributed by atoms with Gasteiger partial charge in [-0.05, 0) is 57.5 Å². The predicted octanol–water partition coefficient (Wildman–Crippen LogP) is 4.20. The van der Waals surface area contributed by atoms with Crippen LogP contribution in [0, 0.1) is 13.8 Å². The molecule has 0 fully saturated rings. The van der Waals surface area contributed by atoms with Crippen LogP contribution in [0.15, 0.2) is 48.8 Å². The van der Waals surface area contributed by atoms with Gasteiger partial charge in [-0.1, -0.05) is 12.1 Å². The fourth-order valence-corrected chi connectivity index (χ4v) is 3.66. The average Bonchev–Trinajstić information content (AvgIpc) is 3.33. The van der Waals surface area contributed by atoms with Crippen molar-refractivity contribution in [1.29, 1.82) is 0 Å². The lowest BCUT2D eigenvalue weighted by atomic mass is 10.1. The van der Waals surface area contributed by atoms with Crippen molar-refractivity contribution in [2.75, 3.05) is 11.9 Å². The Hall–Kier alpha value is -3.61. The minimum atomic E-state index is -0.372. The van der Waals surface area contributed by atoms with Gasteiger partial charge in [0.25, 0.3) is 0 Å². The lowest BCUT2D eigenvalue weighted by molar-refractivity contribution is -0.111. The first kappa shape index (κ1) is 22.1. The number of ether oxygens (including phenoxy) is 1. The third-order valence-electron chi connectivity index (χ3n) is 5.15. The minimum Gasteiger partial charge on any atom is -0.462 e. The second-order valence-electron chi connectivity index (χ2n) is 7.15. The van der Waals surface area contributed by atoms with E-state index in [1.54, 1.807) is 19.2 Å². The van der Waals surface area contributed by atoms with Crippen molar-refractivity contribution in [3.63, 3.8) is 0 Å². The lowest BCUT2D eigenvalue weighted by Gasteiger charge is -2.06. The van der Waals surface area contributed by atoms with Gasteiger partial charge in [0, 0.05) is 47.7 Å². The average molecular weight is 421 g/mol. The zero-order valence-electron chi connectivity index (χ0n) is 18.4. The standard InChI is InChI=1S/C24H28N4O3/c1-5-28-17(3)21(23(18(28)4)24(30)31-6-2)12-13-22(29)26-20-10-8-19(9-11-20)16-27-15-7-14-25-27/h7-15H,5-6,16H2,1-4H3,(H,26,29)/b13-12+. The van der Waals surface area contributed by atoms with E-state index in [-0.39, 0.29) is 11.9 Å². The number of carbonyl (C=O) groups is 2. The van der Waals surface area contributed by atoms with Crippen LogP contribution >= 0.6 is 0 Å². The molecule has 0 bridgehead atoms. The van der Waals surface area contributed by atoms with Crippen LogP contribution in [0.3, 0.4) is 0 Å². The lowest BCUT2D eigenvalue weighted by Crippen LogP contribution is -2.09. The van der Waals surface area contributed by atoms with Gasteiger partial charge in [0.2, 0.25) is 5.91 Å². The molecule has 0 radical (unpaired) electrons. The highest BCUT2D eigenvalue weighted by atomic mass is 16.5. The van der Waals surface area contributed by atoms with Gasteiger partial charge in [-0.25, -0.2) is 4.79 Å². The molecule has 7 heteroatoms. The first-order valence-corrected chi connectivity index (χ1v) is 10.4. The molecular weight excluding hydrogens is 392 g/mol. The molecule has 2 heterocycles. The fraction of sp³-hybridized carbons (Fsp3) is 0.292. The number of carbonyl (C=O) groups excluding carboxylic acids is 2. The van der Waals surface area contributed by atoms with E-state index < -0.39 is 0 Å². The van der Waals surface area contributed by atoms with Gasteiger partial charge in [-0.3, -0.25) is 9.48 Å². The van der Waals surface area contributed by atoms with Gasteiger partial charge in [0.15, 0.2) is 0 Å². The van der Waals surface area contributed by atoms with Crippen molar-refractivity contribution in [1.82, 2.24) is 14.3 Å².